The fourth-order valence-corrected chi connectivity index (χ4v) is 7.65. The predicted octanol–water partition coefficient (Wildman–Crippen LogP) is 4.23. The number of nitrogen functional groups attached to an aromatic ring is 2. The van der Waals surface area contributed by atoms with Gasteiger partial charge in [-0.25, -0.2) is 19.9 Å². The number of nitrogens with zero attached hydrogens (tertiary/aromatic N) is 6. The Morgan fingerprint density at radius 1 is 0.698 bits per heavy atom. The van der Waals surface area contributed by atoms with Crippen LogP contribution in [0.2, 0.25) is 0 Å². The van der Waals surface area contributed by atoms with Crippen molar-refractivity contribution in [2.24, 2.45) is 0 Å². The van der Waals surface area contributed by atoms with Crippen LogP contribution in [0.1, 0.15) is 91.9 Å². The van der Waals surface area contributed by atoms with E-state index in [1.165, 1.54) is 12.7 Å². The average molecular weight is 721 g/mol. The van der Waals surface area contributed by atoms with Gasteiger partial charge in [-0.3, -0.25) is 28.3 Å². The van der Waals surface area contributed by atoms with Crippen molar-refractivity contribution in [1.29, 1.82) is 0 Å². The lowest BCUT2D eigenvalue weighted by molar-refractivity contribution is 0.0924. The average Bonchev–Trinajstić information content (AvgIpc) is 3.87. The number of pyridine rings is 2. The Morgan fingerprint density at radius 3 is 1.60 bits per heavy atom. The van der Waals surface area contributed by atoms with Crippen molar-refractivity contribution in [3.8, 4) is 0 Å². The number of nitrogens with one attached hydrogen (secondary N) is 4. The lowest BCUT2D eigenvalue weighted by Crippen LogP contribution is -2.47. The van der Waals surface area contributed by atoms with E-state index in [-0.39, 0.29) is 22.9 Å². The summed E-state index contributed by atoms with van der Waals surface area (Å²) < 4.78 is 3.19. The summed E-state index contributed by atoms with van der Waals surface area (Å²) in [6.45, 7) is 11.6. The summed E-state index contributed by atoms with van der Waals surface area (Å²) in [5.41, 5.74) is 14.3. The number of rotatable bonds is 5. The Kier molecular flexibility index (Phi) is 9.64. The van der Waals surface area contributed by atoms with Crippen LogP contribution in [0.4, 0.5) is 34.6 Å². The Hall–Kier alpha value is -6.32. The topological polar surface area (TPSA) is 230 Å². The zero-order chi connectivity index (χ0) is 38.2. The molecule has 0 saturated carbocycles. The first kappa shape index (κ1) is 36.5. The van der Waals surface area contributed by atoms with Crippen molar-refractivity contribution in [3.63, 3.8) is 0 Å². The normalized spacial score (nSPS) is 20.3. The Bertz CT molecular complexity index is 2330. The van der Waals surface area contributed by atoms with Crippen molar-refractivity contribution in [2.45, 2.75) is 85.0 Å². The van der Waals surface area contributed by atoms with Crippen molar-refractivity contribution < 1.29 is 9.59 Å². The molecule has 4 aromatic heterocycles. The van der Waals surface area contributed by atoms with Gasteiger partial charge in [-0.1, -0.05) is 32.9 Å². The molecule has 0 saturated heterocycles. The van der Waals surface area contributed by atoms with Crippen LogP contribution < -0.4 is 43.9 Å². The predicted molar refractivity (Wildman–Crippen MR) is 203 cm³/mol. The Balaban J connectivity index is 0.000000173. The van der Waals surface area contributed by atoms with Crippen LogP contribution in [-0.4, -0.2) is 40.9 Å². The fraction of sp³-hybridized carbons (Fsp3) is 0.351. The second-order valence-corrected chi connectivity index (χ2v) is 13.0. The highest BCUT2D eigenvalue weighted by atomic mass is 16.2. The molecule has 53 heavy (non-hydrogen) atoms. The number of allylic oxidation sites excluding steroid dienone is 2. The van der Waals surface area contributed by atoms with Crippen LogP contribution in [0.3, 0.4) is 0 Å². The molecule has 16 nitrogen and oxygen atoms in total. The summed E-state index contributed by atoms with van der Waals surface area (Å²) in [4.78, 5) is 67.4. The molecule has 16 heteroatoms. The van der Waals surface area contributed by atoms with Gasteiger partial charge >= 0.3 is 0 Å². The molecule has 2 aliphatic heterocycles. The van der Waals surface area contributed by atoms with E-state index < -0.39 is 11.3 Å². The molecule has 4 aliphatic rings. The number of hydrogen-bond acceptors (Lipinski definition) is 12. The van der Waals surface area contributed by atoms with E-state index >= 15 is 0 Å². The SMILES string of the molecule is CC.CC1=CCCC12NC(=O)c1c(C)cc(Nc3cc(N)ncn3)c(=O)n12.CCC1=CCCC12NC(=O)c1c(C)cc(Nc3cc(N)ncn3)c(=O)n12. The minimum atomic E-state index is -0.767. The lowest BCUT2D eigenvalue weighted by Gasteiger charge is -2.30. The molecule has 8 rings (SSSR count). The molecule has 0 bridgehead atoms. The standard InChI is InChI=1S/C18H20N6O2.C17H18N6O2.C2H6/c1-3-11-5-4-6-18(11)23-16(25)15-10(2)7-12(17(26)24(15)18)22-14-8-13(19)20-9-21-14;1-9-6-11(21-13-7-12(18)19-8-20-13)16(25)23-14(9)15(24)22-17(23)5-3-4-10(17)2;1-2/h5,7-9H,3-4,6H2,1-2H3,(H,23,25)(H3,19,20,21,22);4,6-8H,3,5H2,1-2H3,(H,22,24)(H3,18,19,20,21);1-2H3. The first-order valence-electron chi connectivity index (χ1n) is 17.6. The van der Waals surface area contributed by atoms with Crippen molar-refractivity contribution >= 4 is 46.5 Å². The van der Waals surface area contributed by atoms with Crippen molar-refractivity contribution in [1.82, 2.24) is 39.7 Å². The summed E-state index contributed by atoms with van der Waals surface area (Å²) in [7, 11) is 0. The largest absolute Gasteiger partial charge is 0.384 e. The number of anilines is 6. The maximum Gasteiger partial charge on any atom is 0.277 e. The van der Waals surface area contributed by atoms with Gasteiger partial charge in [-0.15, -0.1) is 0 Å². The van der Waals surface area contributed by atoms with E-state index in [0.29, 0.717) is 58.9 Å². The first-order valence-corrected chi connectivity index (χ1v) is 17.6. The molecule has 4 aromatic rings. The molecule has 2 amide bonds. The first-order chi connectivity index (χ1) is 25.4. The number of fused-ring (bicyclic) bond motifs is 4. The minimum absolute atomic E-state index is 0.210. The zero-order valence-corrected chi connectivity index (χ0v) is 30.6. The van der Waals surface area contributed by atoms with Gasteiger partial charge in [-0.2, -0.15) is 0 Å². The van der Waals surface area contributed by atoms with E-state index in [2.05, 4.69) is 53.4 Å². The van der Waals surface area contributed by atoms with Crippen LogP contribution in [0.15, 0.2) is 69.8 Å². The second kappa shape index (κ2) is 14.0. The highest BCUT2D eigenvalue weighted by Crippen LogP contribution is 2.42. The van der Waals surface area contributed by atoms with Gasteiger partial charge in [0.2, 0.25) is 0 Å². The molecule has 2 atom stereocenters. The van der Waals surface area contributed by atoms with Gasteiger partial charge in [0.25, 0.3) is 22.9 Å². The quantitative estimate of drug-likeness (QED) is 0.159. The third-order valence-electron chi connectivity index (χ3n) is 9.94. The van der Waals surface area contributed by atoms with Gasteiger partial charge in [0.1, 0.15) is 70.0 Å². The van der Waals surface area contributed by atoms with Crippen LogP contribution >= 0.6 is 0 Å². The molecule has 276 valence electrons. The van der Waals surface area contributed by atoms with Gasteiger partial charge < -0.3 is 32.7 Å². The maximum atomic E-state index is 13.3. The number of nitrogens with two attached hydrogens (primary N) is 2. The number of amides is 2. The molecule has 0 radical (unpaired) electrons. The van der Waals surface area contributed by atoms with Gasteiger partial charge in [0, 0.05) is 12.1 Å². The minimum Gasteiger partial charge on any atom is -0.384 e. The van der Waals surface area contributed by atoms with Gasteiger partial charge in [-0.05, 0) is 87.3 Å². The number of hydrogen-bond donors (Lipinski definition) is 6. The molecule has 2 unspecified atom stereocenters. The lowest BCUT2D eigenvalue weighted by atomic mass is 9.99. The summed E-state index contributed by atoms with van der Waals surface area (Å²) >= 11 is 0. The van der Waals surface area contributed by atoms with Gasteiger partial charge in [0.05, 0.1) is 0 Å². The Morgan fingerprint density at radius 2 is 1.15 bits per heavy atom. The van der Waals surface area contributed by atoms with E-state index in [0.717, 1.165) is 41.5 Å². The van der Waals surface area contributed by atoms with Crippen molar-refractivity contribution in [2.75, 3.05) is 22.1 Å². The van der Waals surface area contributed by atoms with E-state index in [1.54, 1.807) is 33.4 Å². The molecule has 2 aliphatic carbocycles. The molecule has 6 heterocycles. The second-order valence-electron chi connectivity index (χ2n) is 13.0. The molecule has 0 aromatic carbocycles. The van der Waals surface area contributed by atoms with Crippen LogP contribution in [0.5, 0.6) is 0 Å². The highest BCUT2D eigenvalue weighted by Gasteiger charge is 2.49. The van der Waals surface area contributed by atoms with E-state index in [1.807, 2.05) is 41.5 Å². The number of aryl methyl sites for hydroxylation is 2. The highest BCUT2D eigenvalue weighted by molar-refractivity contribution is 5.98. The molecular weight excluding hydrogens is 676 g/mol. The summed E-state index contributed by atoms with van der Waals surface area (Å²) in [5, 5.41) is 12.1. The molecular formula is C37H44N12O4. The van der Waals surface area contributed by atoms with E-state index in [4.69, 9.17) is 11.5 Å². The summed E-state index contributed by atoms with van der Waals surface area (Å²) in [6.07, 6.45) is 10.6. The summed E-state index contributed by atoms with van der Waals surface area (Å²) in [6, 6.07) is 6.44. The van der Waals surface area contributed by atoms with Crippen LogP contribution in [-0.2, 0) is 11.3 Å². The molecule has 2 spiro atoms. The molecule has 8 N–H and O–H groups in total. The number of aromatic nitrogens is 6. The van der Waals surface area contributed by atoms with Gasteiger partial charge in [0.15, 0.2) is 0 Å². The number of carbonyl (C=O) groups excluding carboxylic acids is 2. The smallest absolute Gasteiger partial charge is 0.277 e. The van der Waals surface area contributed by atoms with Crippen LogP contribution in [0, 0.1) is 13.8 Å². The summed E-state index contributed by atoms with van der Waals surface area (Å²) in [5.74, 6) is 1.04. The number of carbonyl (C=O) groups is 2. The Labute approximate surface area is 305 Å². The third-order valence-corrected chi connectivity index (χ3v) is 9.94. The maximum absolute atomic E-state index is 13.3. The monoisotopic (exact) mass is 720 g/mol. The van der Waals surface area contributed by atoms with Crippen molar-refractivity contribution in [3.05, 3.63) is 103 Å². The van der Waals surface area contributed by atoms with Crippen LogP contribution in [0.25, 0.3) is 0 Å². The fourth-order valence-electron chi connectivity index (χ4n) is 7.65. The van der Waals surface area contributed by atoms with E-state index in [9.17, 15) is 19.2 Å². The zero-order valence-electron chi connectivity index (χ0n) is 30.6. The third kappa shape index (κ3) is 6.08. The molecule has 0 fully saturated rings.